The molecule has 1 aromatic rings. The van der Waals surface area contributed by atoms with Gasteiger partial charge in [-0.3, -0.25) is 4.79 Å². The number of hydrogen-bond donors (Lipinski definition) is 1. The molecule has 1 unspecified atom stereocenters. The van der Waals surface area contributed by atoms with E-state index in [0.29, 0.717) is 18.4 Å². The number of aliphatic carboxylic acids is 1. The quantitative estimate of drug-likeness (QED) is 0.876. The van der Waals surface area contributed by atoms with Crippen LogP contribution in [0.1, 0.15) is 24.8 Å². The topological polar surface area (TPSA) is 40.5 Å². The first kappa shape index (κ1) is 13.0. The normalized spacial score (nSPS) is 25.7. The molecule has 1 aliphatic rings. The number of nitrogens with zero attached hydrogens (tertiary/aromatic N) is 1. The van der Waals surface area contributed by atoms with Gasteiger partial charge in [-0.2, -0.15) is 0 Å². The summed E-state index contributed by atoms with van der Waals surface area (Å²) in [6, 6.07) is 6.02. The zero-order chi connectivity index (χ0) is 13.2. The molecule has 0 aliphatic carbocycles. The van der Waals surface area contributed by atoms with Crippen molar-refractivity contribution < 1.29 is 14.3 Å². The van der Waals surface area contributed by atoms with Gasteiger partial charge in [-0.25, -0.2) is 4.39 Å². The summed E-state index contributed by atoms with van der Waals surface area (Å²) in [6.07, 6.45) is 1.91. The molecule has 0 radical (unpaired) electrons. The molecule has 1 heterocycles. The second-order valence-electron chi connectivity index (χ2n) is 5.05. The number of halogens is 1. The van der Waals surface area contributed by atoms with Crippen molar-refractivity contribution in [3.05, 3.63) is 35.6 Å². The molecule has 98 valence electrons. The maximum absolute atomic E-state index is 13.3. The summed E-state index contributed by atoms with van der Waals surface area (Å²) in [7, 11) is 1.99. The number of rotatable bonds is 2. The molecule has 4 heteroatoms. The van der Waals surface area contributed by atoms with Gasteiger partial charge in [0.05, 0.1) is 5.41 Å². The Bertz CT molecular complexity index is 449. The monoisotopic (exact) mass is 251 g/mol. The van der Waals surface area contributed by atoms with Crippen molar-refractivity contribution in [3.8, 4) is 0 Å². The Morgan fingerprint density at radius 3 is 2.83 bits per heavy atom. The molecule has 18 heavy (non-hydrogen) atoms. The van der Waals surface area contributed by atoms with E-state index in [0.717, 1.165) is 19.5 Å². The fourth-order valence-electron chi connectivity index (χ4n) is 2.68. The molecule has 0 saturated carbocycles. The van der Waals surface area contributed by atoms with E-state index in [4.69, 9.17) is 0 Å². The van der Waals surface area contributed by atoms with Crippen LogP contribution in [0.2, 0.25) is 0 Å². The molecule has 0 aromatic heterocycles. The standard InChI is InChI=1S/C14H18FNO2/c1-16-8-3-6-14(7-9-16,13(17)18)11-4-2-5-12(15)10-11/h2,4-5,10H,3,6-9H2,1H3,(H,17,18). The van der Waals surface area contributed by atoms with Crippen LogP contribution in [-0.2, 0) is 10.2 Å². The fraction of sp³-hybridized carbons (Fsp3) is 0.500. The summed E-state index contributed by atoms with van der Waals surface area (Å²) in [5.41, 5.74) is -0.349. The molecule has 1 N–H and O–H groups in total. The van der Waals surface area contributed by atoms with Crippen LogP contribution in [0, 0.1) is 5.82 Å². The number of hydrogen-bond acceptors (Lipinski definition) is 2. The van der Waals surface area contributed by atoms with E-state index >= 15 is 0 Å². The lowest BCUT2D eigenvalue weighted by molar-refractivity contribution is -0.144. The third-order valence-corrected chi connectivity index (χ3v) is 3.85. The lowest BCUT2D eigenvalue weighted by Crippen LogP contribution is -2.37. The van der Waals surface area contributed by atoms with Crippen molar-refractivity contribution in [1.82, 2.24) is 4.90 Å². The molecular weight excluding hydrogens is 233 g/mol. The molecule has 0 spiro atoms. The van der Waals surface area contributed by atoms with Crippen LogP contribution in [-0.4, -0.2) is 36.1 Å². The molecule has 3 nitrogen and oxygen atoms in total. The van der Waals surface area contributed by atoms with Crippen LogP contribution < -0.4 is 0 Å². The summed E-state index contributed by atoms with van der Waals surface area (Å²) in [5, 5.41) is 9.60. The lowest BCUT2D eigenvalue weighted by atomic mass is 9.74. The van der Waals surface area contributed by atoms with Crippen LogP contribution in [0.4, 0.5) is 4.39 Å². The van der Waals surface area contributed by atoms with Gasteiger partial charge >= 0.3 is 5.97 Å². The molecule has 2 rings (SSSR count). The number of carboxylic acid groups (broad SMARTS) is 1. The average molecular weight is 251 g/mol. The van der Waals surface area contributed by atoms with Gasteiger partial charge in [0, 0.05) is 0 Å². The largest absolute Gasteiger partial charge is 0.481 e. The fourth-order valence-corrected chi connectivity index (χ4v) is 2.68. The van der Waals surface area contributed by atoms with Crippen molar-refractivity contribution >= 4 is 5.97 Å². The molecule has 1 aliphatic heterocycles. The van der Waals surface area contributed by atoms with Crippen molar-refractivity contribution in [2.24, 2.45) is 0 Å². The maximum Gasteiger partial charge on any atom is 0.314 e. The highest BCUT2D eigenvalue weighted by atomic mass is 19.1. The lowest BCUT2D eigenvalue weighted by Gasteiger charge is -2.28. The molecule has 1 saturated heterocycles. The first-order valence-corrected chi connectivity index (χ1v) is 6.22. The van der Waals surface area contributed by atoms with Crippen LogP contribution in [0.3, 0.4) is 0 Å². The Hall–Kier alpha value is -1.42. The van der Waals surface area contributed by atoms with E-state index < -0.39 is 11.4 Å². The Kier molecular flexibility index (Phi) is 3.66. The zero-order valence-corrected chi connectivity index (χ0v) is 10.5. The number of carbonyl (C=O) groups is 1. The average Bonchev–Trinajstić information content (AvgIpc) is 2.52. The maximum atomic E-state index is 13.3. The van der Waals surface area contributed by atoms with Crippen LogP contribution in [0.15, 0.2) is 24.3 Å². The van der Waals surface area contributed by atoms with Gasteiger partial charge < -0.3 is 10.0 Å². The highest BCUT2D eigenvalue weighted by Gasteiger charge is 2.41. The SMILES string of the molecule is CN1CCCC(C(=O)O)(c2cccc(F)c2)CC1. The number of benzene rings is 1. The first-order valence-electron chi connectivity index (χ1n) is 6.22. The van der Waals surface area contributed by atoms with Gasteiger partial charge in [-0.05, 0) is 57.1 Å². The van der Waals surface area contributed by atoms with Crippen LogP contribution in [0.5, 0.6) is 0 Å². The third-order valence-electron chi connectivity index (χ3n) is 3.85. The van der Waals surface area contributed by atoms with E-state index in [9.17, 15) is 14.3 Å². The van der Waals surface area contributed by atoms with Crippen LogP contribution >= 0.6 is 0 Å². The molecule has 0 bridgehead atoms. The number of likely N-dealkylation sites (tertiary alicyclic amines) is 1. The van der Waals surface area contributed by atoms with Crippen molar-refractivity contribution in [3.63, 3.8) is 0 Å². The molecule has 1 atom stereocenters. The van der Waals surface area contributed by atoms with E-state index in [-0.39, 0.29) is 5.82 Å². The van der Waals surface area contributed by atoms with Gasteiger partial charge in [-0.1, -0.05) is 12.1 Å². The third kappa shape index (κ3) is 2.38. The minimum atomic E-state index is -0.938. The first-order chi connectivity index (χ1) is 8.54. The zero-order valence-electron chi connectivity index (χ0n) is 10.5. The minimum Gasteiger partial charge on any atom is -0.481 e. The summed E-state index contributed by atoms with van der Waals surface area (Å²) in [5.74, 6) is -1.21. The van der Waals surface area contributed by atoms with Crippen molar-refractivity contribution in [2.45, 2.75) is 24.7 Å². The predicted octanol–water partition coefficient (Wildman–Crippen LogP) is 2.26. The van der Waals surface area contributed by atoms with Gasteiger partial charge in [0.25, 0.3) is 0 Å². The highest BCUT2D eigenvalue weighted by molar-refractivity contribution is 5.81. The Labute approximate surface area is 106 Å². The van der Waals surface area contributed by atoms with E-state index in [1.807, 2.05) is 7.05 Å². The van der Waals surface area contributed by atoms with Gasteiger partial charge in [-0.15, -0.1) is 0 Å². The van der Waals surface area contributed by atoms with Crippen molar-refractivity contribution in [2.75, 3.05) is 20.1 Å². The Balaban J connectivity index is 2.40. The summed E-state index contributed by atoms with van der Waals surface area (Å²) >= 11 is 0. The van der Waals surface area contributed by atoms with Gasteiger partial charge in [0.2, 0.25) is 0 Å². The second-order valence-corrected chi connectivity index (χ2v) is 5.05. The smallest absolute Gasteiger partial charge is 0.314 e. The van der Waals surface area contributed by atoms with E-state index in [1.165, 1.54) is 12.1 Å². The van der Waals surface area contributed by atoms with Gasteiger partial charge in [0.1, 0.15) is 5.82 Å². The molecule has 0 amide bonds. The second kappa shape index (κ2) is 5.06. The highest BCUT2D eigenvalue weighted by Crippen LogP contribution is 2.36. The van der Waals surface area contributed by atoms with Gasteiger partial charge in [0.15, 0.2) is 0 Å². The summed E-state index contributed by atoms with van der Waals surface area (Å²) in [4.78, 5) is 13.8. The number of carboxylic acids is 1. The molecular formula is C14H18FNO2. The molecule has 1 aromatic carbocycles. The van der Waals surface area contributed by atoms with Crippen molar-refractivity contribution in [1.29, 1.82) is 0 Å². The minimum absolute atomic E-state index is 0.370. The summed E-state index contributed by atoms with van der Waals surface area (Å²) in [6.45, 7) is 1.62. The Morgan fingerprint density at radius 1 is 1.39 bits per heavy atom. The van der Waals surface area contributed by atoms with Crippen LogP contribution in [0.25, 0.3) is 0 Å². The summed E-state index contributed by atoms with van der Waals surface area (Å²) < 4.78 is 13.3. The predicted molar refractivity (Wildman–Crippen MR) is 67.1 cm³/mol. The van der Waals surface area contributed by atoms with E-state index in [2.05, 4.69) is 4.90 Å². The van der Waals surface area contributed by atoms with E-state index in [1.54, 1.807) is 12.1 Å². The molecule has 1 fully saturated rings. The Morgan fingerprint density at radius 2 is 2.17 bits per heavy atom.